The fraction of sp³-hybridized carbons (Fsp3) is 0. The monoisotopic (exact) mass is 375 g/mol. The van der Waals surface area contributed by atoms with E-state index in [4.69, 9.17) is 35.4 Å². The van der Waals surface area contributed by atoms with Crippen molar-refractivity contribution >= 4 is 56.2 Å². The molecule has 0 saturated carbocycles. The van der Waals surface area contributed by atoms with E-state index in [1.54, 1.807) is 36.4 Å². The highest BCUT2D eigenvalue weighted by Crippen LogP contribution is 2.25. The second-order valence-corrected chi connectivity index (χ2v) is 7.06. The van der Waals surface area contributed by atoms with E-state index in [0.717, 1.165) is 0 Å². The standard InChI is InChI=1S/C13H11Cl2N3O2S2/c14-9-6-7-11(15)12(8-9)16-13(21)17-18-22(19,20)10-4-2-1-3-5-10/h1-8,18H,(H2,16,17,21). The molecule has 0 aliphatic rings. The first-order chi connectivity index (χ1) is 10.4. The molecule has 0 aliphatic carbocycles. The van der Waals surface area contributed by atoms with Crippen molar-refractivity contribution in [2.75, 3.05) is 5.32 Å². The lowest BCUT2D eigenvalue weighted by atomic mass is 10.3. The molecule has 0 bridgehead atoms. The zero-order chi connectivity index (χ0) is 16.2. The molecule has 5 nitrogen and oxygen atoms in total. The van der Waals surface area contributed by atoms with E-state index in [1.165, 1.54) is 12.1 Å². The maximum Gasteiger partial charge on any atom is 0.257 e. The zero-order valence-electron chi connectivity index (χ0n) is 11.0. The molecule has 0 unspecified atom stereocenters. The molecule has 2 aromatic rings. The summed E-state index contributed by atoms with van der Waals surface area (Å²) in [7, 11) is -3.71. The van der Waals surface area contributed by atoms with E-state index in [9.17, 15) is 8.42 Å². The molecule has 9 heteroatoms. The lowest BCUT2D eigenvalue weighted by Crippen LogP contribution is -2.43. The highest BCUT2D eigenvalue weighted by atomic mass is 35.5. The average molecular weight is 376 g/mol. The van der Waals surface area contributed by atoms with Crippen LogP contribution in [0.2, 0.25) is 10.0 Å². The Morgan fingerprint density at radius 2 is 1.73 bits per heavy atom. The third-order valence-corrected chi connectivity index (χ3v) is 4.56. The Labute approximate surface area is 143 Å². The molecule has 0 amide bonds. The van der Waals surface area contributed by atoms with Crippen LogP contribution in [0.5, 0.6) is 0 Å². The van der Waals surface area contributed by atoms with Gasteiger partial charge in [-0.05, 0) is 42.5 Å². The van der Waals surface area contributed by atoms with E-state index in [1.807, 2.05) is 0 Å². The smallest absolute Gasteiger partial charge is 0.257 e. The second kappa shape index (κ2) is 7.26. The number of hydrogen-bond acceptors (Lipinski definition) is 3. The Kier molecular flexibility index (Phi) is 5.60. The van der Waals surface area contributed by atoms with Gasteiger partial charge in [0, 0.05) is 5.02 Å². The Balaban J connectivity index is 2.00. The van der Waals surface area contributed by atoms with Crippen molar-refractivity contribution in [2.45, 2.75) is 4.90 Å². The molecule has 116 valence electrons. The van der Waals surface area contributed by atoms with E-state index >= 15 is 0 Å². The Morgan fingerprint density at radius 1 is 1.05 bits per heavy atom. The van der Waals surface area contributed by atoms with Gasteiger partial charge in [-0.15, -0.1) is 4.83 Å². The maximum atomic E-state index is 12.0. The first-order valence-electron chi connectivity index (χ1n) is 5.97. The first-order valence-corrected chi connectivity index (χ1v) is 8.62. The molecular weight excluding hydrogens is 365 g/mol. The highest BCUT2D eigenvalue weighted by molar-refractivity contribution is 7.89. The summed E-state index contributed by atoms with van der Waals surface area (Å²) in [5, 5.41) is 3.66. The predicted molar refractivity (Wildman–Crippen MR) is 92.6 cm³/mol. The maximum absolute atomic E-state index is 12.0. The molecule has 2 rings (SSSR count). The first kappa shape index (κ1) is 17.0. The minimum absolute atomic E-state index is 0.0312. The molecule has 0 fully saturated rings. The number of sulfonamides is 1. The summed E-state index contributed by atoms with van der Waals surface area (Å²) in [4.78, 5) is 2.29. The van der Waals surface area contributed by atoms with Crippen molar-refractivity contribution in [1.82, 2.24) is 10.3 Å². The van der Waals surface area contributed by atoms with Crippen molar-refractivity contribution in [3.63, 3.8) is 0 Å². The van der Waals surface area contributed by atoms with E-state index in [0.29, 0.717) is 15.7 Å². The van der Waals surface area contributed by atoms with Crippen molar-refractivity contribution < 1.29 is 8.42 Å². The number of hydrazine groups is 1. The van der Waals surface area contributed by atoms with Crippen molar-refractivity contribution in [2.24, 2.45) is 0 Å². The molecule has 0 heterocycles. The van der Waals surface area contributed by atoms with Crippen LogP contribution in [0, 0.1) is 0 Å². The van der Waals surface area contributed by atoms with Gasteiger partial charge in [-0.3, -0.25) is 5.43 Å². The lowest BCUT2D eigenvalue weighted by Gasteiger charge is -2.13. The van der Waals surface area contributed by atoms with E-state index in [-0.39, 0.29) is 10.0 Å². The Bertz CT molecular complexity index is 783. The topological polar surface area (TPSA) is 70.2 Å². The molecule has 0 aliphatic heterocycles. The van der Waals surface area contributed by atoms with Crippen LogP contribution in [0.3, 0.4) is 0 Å². The highest BCUT2D eigenvalue weighted by Gasteiger charge is 2.13. The summed E-state index contributed by atoms with van der Waals surface area (Å²) < 4.78 is 24.0. The molecule has 22 heavy (non-hydrogen) atoms. The van der Waals surface area contributed by atoms with Crippen LogP contribution in [-0.4, -0.2) is 13.5 Å². The Morgan fingerprint density at radius 3 is 2.41 bits per heavy atom. The van der Waals surface area contributed by atoms with Crippen LogP contribution >= 0.6 is 35.4 Å². The largest absolute Gasteiger partial charge is 0.330 e. The number of halogens is 2. The molecule has 0 saturated heterocycles. The van der Waals surface area contributed by atoms with E-state index < -0.39 is 10.0 Å². The summed E-state index contributed by atoms with van der Waals surface area (Å²) in [6.07, 6.45) is 0. The Hall–Kier alpha value is -1.38. The van der Waals surface area contributed by atoms with Crippen molar-refractivity contribution in [1.29, 1.82) is 0 Å². The van der Waals surface area contributed by atoms with Crippen molar-refractivity contribution in [3.8, 4) is 0 Å². The van der Waals surface area contributed by atoms with Crippen LogP contribution in [0.25, 0.3) is 0 Å². The zero-order valence-corrected chi connectivity index (χ0v) is 14.2. The van der Waals surface area contributed by atoms with Gasteiger partial charge in [0.15, 0.2) is 5.11 Å². The summed E-state index contributed by atoms with van der Waals surface area (Å²) in [6.45, 7) is 0. The summed E-state index contributed by atoms with van der Waals surface area (Å²) in [6, 6.07) is 12.7. The van der Waals surface area contributed by atoms with Gasteiger partial charge in [0.05, 0.1) is 15.6 Å². The normalized spacial score (nSPS) is 11.0. The quantitative estimate of drug-likeness (QED) is 0.565. The van der Waals surface area contributed by atoms with Gasteiger partial charge in [-0.25, -0.2) is 8.42 Å². The van der Waals surface area contributed by atoms with Gasteiger partial charge in [-0.1, -0.05) is 41.4 Å². The van der Waals surface area contributed by atoms with Crippen LogP contribution in [-0.2, 0) is 10.0 Å². The van der Waals surface area contributed by atoms with Gasteiger partial charge in [0.1, 0.15) is 0 Å². The predicted octanol–water partition coefficient (Wildman–Crippen LogP) is 3.17. The average Bonchev–Trinajstić information content (AvgIpc) is 2.50. The van der Waals surface area contributed by atoms with Crippen LogP contribution < -0.4 is 15.6 Å². The summed E-state index contributed by atoms with van der Waals surface area (Å²) in [5.74, 6) is 0. The molecular formula is C13H11Cl2N3O2S2. The number of benzene rings is 2. The van der Waals surface area contributed by atoms with Crippen molar-refractivity contribution in [3.05, 3.63) is 58.6 Å². The third-order valence-electron chi connectivity index (χ3n) is 2.53. The van der Waals surface area contributed by atoms with Crippen LogP contribution in [0.15, 0.2) is 53.4 Å². The summed E-state index contributed by atoms with van der Waals surface area (Å²) >= 11 is 16.8. The number of anilines is 1. The van der Waals surface area contributed by atoms with E-state index in [2.05, 4.69) is 15.6 Å². The lowest BCUT2D eigenvalue weighted by molar-refractivity contribution is 0.578. The fourth-order valence-corrected chi connectivity index (χ4v) is 2.95. The van der Waals surface area contributed by atoms with Gasteiger partial charge >= 0.3 is 0 Å². The van der Waals surface area contributed by atoms with Gasteiger partial charge < -0.3 is 5.32 Å². The molecule has 0 aromatic heterocycles. The molecule has 0 spiro atoms. The summed E-state index contributed by atoms with van der Waals surface area (Å²) in [5.41, 5.74) is 2.86. The SMILES string of the molecule is O=S(=O)(NNC(=S)Nc1cc(Cl)ccc1Cl)c1ccccc1. The number of thiocarbonyl (C=S) groups is 1. The number of hydrogen-bond donors (Lipinski definition) is 3. The molecule has 2 aromatic carbocycles. The van der Waals surface area contributed by atoms with Crippen LogP contribution in [0.1, 0.15) is 0 Å². The van der Waals surface area contributed by atoms with Gasteiger partial charge in [0.2, 0.25) is 0 Å². The number of nitrogens with one attached hydrogen (secondary N) is 3. The van der Waals surface area contributed by atoms with Gasteiger partial charge in [0.25, 0.3) is 10.0 Å². The minimum atomic E-state index is -3.71. The molecule has 0 radical (unpaired) electrons. The van der Waals surface area contributed by atoms with Crippen LogP contribution in [0.4, 0.5) is 5.69 Å². The fourth-order valence-electron chi connectivity index (χ4n) is 1.52. The second-order valence-electron chi connectivity index (χ2n) is 4.12. The number of rotatable bonds is 4. The minimum Gasteiger partial charge on any atom is -0.330 e. The van der Waals surface area contributed by atoms with Gasteiger partial charge in [-0.2, -0.15) is 0 Å². The molecule has 0 atom stereocenters. The third kappa shape index (κ3) is 4.56. The molecule has 3 N–H and O–H groups in total.